The van der Waals surface area contributed by atoms with E-state index in [2.05, 4.69) is 4.72 Å². The molecule has 2 N–H and O–H groups in total. The van der Waals surface area contributed by atoms with Crippen LogP contribution in [0.2, 0.25) is 5.02 Å². The number of halogens is 1. The summed E-state index contributed by atoms with van der Waals surface area (Å²) in [5, 5.41) is 11.0. The highest BCUT2D eigenvalue weighted by Crippen LogP contribution is 2.29. The highest BCUT2D eigenvalue weighted by molar-refractivity contribution is 7.93. The number of nitrogens with one attached hydrogen (secondary N) is 1. The van der Waals surface area contributed by atoms with Crippen LogP contribution in [0.5, 0.6) is 5.75 Å². The van der Waals surface area contributed by atoms with Crippen LogP contribution in [0.1, 0.15) is 4.88 Å². The molecule has 0 aliphatic carbocycles. The lowest BCUT2D eigenvalue weighted by molar-refractivity contribution is 0.282. The van der Waals surface area contributed by atoms with Gasteiger partial charge in [0.25, 0.3) is 10.0 Å². The van der Waals surface area contributed by atoms with E-state index in [0.29, 0.717) is 21.3 Å². The Bertz CT molecular complexity index is 712. The molecule has 0 fully saturated rings. The number of thiophene rings is 1. The number of aliphatic hydroxyl groups is 1. The van der Waals surface area contributed by atoms with Gasteiger partial charge in [-0.05, 0) is 29.6 Å². The highest BCUT2D eigenvalue weighted by atomic mass is 35.5. The van der Waals surface area contributed by atoms with Gasteiger partial charge in [-0.25, -0.2) is 8.42 Å². The molecule has 0 spiro atoms. The van der Waals surface area contributed by atoms with E-state index in [1.807, 2.05) is 0 Å². The molecule has 0 saturated carbocycles. The van der Waals surface area contributed by atoms with Gasteiger partial charge in [-0.15, -0.1) is 11.3 Å². The van der Waals surface area contributed by atoms with Gasteiger partial charge in [0, 0.05) is 0 Å². The summed E-state index contributed by atoms with van der Waals surface area (Å²) in [6.07, 6.45) is 0. The fourth-order valence-electron chi connectivity index (χ4n) is 1.62. The Balaban J connectivity index is 2.31. The Hall–Kier alpha value is -1.28. The van der Waals surface area contributed by atoms with E-state index in [0.717, 1.165) is 0 Å². The second-order valence-corrected chi connectivity index (χ2v) is 6.88. The topological polar surface area (TPSA) is 75.6 Å². The van der Waals surface area contributed by atoms with Gasteiger partial charge in [0.1, 0.15) is 10.6 Å². The monoisotopic (exact) mass is 333 g/mol. The average molecular weight is 334 g/mol. The van der Waals surface area contributed by atoms with E-state index in [-0.39, 0.29) is 11.5 Å². The van der Waals surface area contributed by atoms with E-state index in [9.17, 15) is 8.42 Å². The maximum absolute atomic E-state index is 12.2. The lowest BCUT2D eigenvalue weighted by Crippen LogP contribution is -2.13. The highest BCUT2D eigenvalue weighted by Gasteiger charge is 2.19. The molecule has 5 nitrogen and oxygen atoms in total. The van der Waals surface area contributed by atoms with Gasteiger partial charge in [0.15, 0.2) is 0 Å². The van der Waals surface area contributed by atoms with Gasteiger partial charge in [0.2, 0.25) is 0 Å². The molecule has 0 aliphatic rings. The number of hydrogen-bond donors (Lipinski definition) is 2. The largest absolute Gasteiger partial charge is 0.495 e. The third-order valence-electron chi connectivity index (χ3n) is 2.54. The molecule has 20 heavy (non-hydrogen) atoms. The predicted octanol–water partition coefficient (Wildman–Crippen LogP) is 2.70. The van der Waals surface area contributed by atoms with Crippen molar-refractivity contribution in [2.45, 2.75) is 11.5 Å². The van der Waals surface area contributed by atoms with E-state index in [4.69, 9.17) is 21.4 Å². The standard InChI is InChI=1S/C12H12ClNO4S2/c1-18-10-3-2-8(6-9(10)13)14-20(16,17)12-4-5-19-11(12)7-15/h2-6,14-15H,7H2,1H3. The van der Waals surface area contributed by atoms with Gasteiger partial charge < -0.3 is 9.84 Å². The second-order valence-electron chi connectivity index (χ2n) is 3.82. The Morgan fingerprint density at radius 3 is 2.75 bits per heavy atom. The third kappa shape index (κ3) is 3.06. The molecule has 2 aromatic rings. The molecule has 0 unspecified atom stereocenters. The first kappa shape index (κ1) is 15.1. The first-order valence-corrected chi connectivity index (χ1v) is 8.25. The van der Waals surface area contributed by atoms with Crippen LogP contribution in [0.25, 0.3) is 0 Å². The second kappa shape index (κ2) is 6.01. The van der Waals surface area contributed by atoms with E-state index in [1.165, 1.54) is 30.6 Å². The molecule has 1 aromatic carbocycles. The van der Waals surface area contributed by atoms with Gasteiger partial charge in [-0.3, -0.25) is 4.72 Å². The summed E-state index contributed by atoms with van der Waals surface area (Å²) in [5.41, 5.74) is 0.325. The van der Waals surface area contributed by atoms with Gasteiger partial charge in [0.05, 0.1) is 29.3 Å². The third-order valence-corrected chi connectivity index (χ3v) is 5.34. The molecule has 8 heteroatoms. The lowest BCUT2D eigenvalue weighted by Gasteiger charge is -2.10. The van der Waals surface area contributed by atoms with Crippen molar-refractivity contribution in [1.29, 1.82) is 0 Å². The minimum Gasteiger partial charge on any atom is -0.495 e. The summed E-state index contributed by atoms with van der Waals surface area (Å²) in [6.45, 7) is -0.322. The minimum atomic E-state index is -3.75. The Kier molecular flexibility index (Phi) is 4.54. The molecule has 2 rings (SSSR count). The number of anilines is 1. The Morgan fingerprint density at radius 1 is 1.40 bits per heavy atom. The first-order valence-electron chi connectivity index (χ1n) is 5.51. The predicted molar refractivity (Wildman–Crippen MR) is 79.1 cm³/mol. The van der Waals surface area contributed by atoms with Gasteiger partial charge in [-0.1, -0.05) is 11.6 Å². The number of benzene rings is 1. The Morgan fingerprint density at radius 2 is 2.15 bits per heavy atom. The fraction of sp³-hybridized carbons (Fsp3) is 0.167. The van der Waals surface area contributed by atoms with Crippen molar-refractivity contribution < 1.29 is 18.3 Å². The van der Waals surface area contributed by atoms with Crippen LogP contribution in [-0.2, 0) is 16.6 Å². The molecular formula is C12H12ClNO4S2. The van der Waals surface area contributed by atoms with Gasteiger partial charge >= 0.3 is 0 Å². The minimum absolute atomic E-state index is 0.0666. The maximum Gasteiger partial charge on any atom is 0.263 e. The fourth-order valence-corrected chi connectivity index (χ4v) is 4.23. The zero-order valence-electron chi connectivity index (χ0n) is 10.5. The normalized spacial score (nSPS) is 11.3. The van der Waals surface area contributed by atoms with Crippen LogP contribution < -0.4 is 9.46 Å². The quantitative estimate of drug-likeness (QED) is 0.882. The number of methoxy groups -OCH3 is 1. The molecule has 0 saturated heterocycles. The van der Waals surface area contributed by atoms with Crippen molar-refractivity contribution in [3.8, 4) is 5.75 Å². The van der Waals surface area contributed by atoms with Crippen molar-refractivity contribution in [3.05, 3.63) is 39.5 Å². The molecule has 1 aromatic heterocycles. The van der Waals surface area contributed by atoms with Crippen molar-refractivity contribution in [3.63, 3.8) is 0 Å². The molecular weight excluding hydrogens is 322 g/mol. The Labute approximate surface area is 125 Å². The molecule has 108 valence electrons. The lowest BCUT2D eigenvalue weighted by atomic mass is 10.3. The van der Waals surface area contributed by atoms with Crippen molar-refractivity contribution in [1.82, 2.24) is 0 Å². The van der Waals surface area contributed by atoms with Crippen LogP contribution in [0.15, 0.2) is 34.5 Å². The molecule has 0 bridgehead atoms. The van der Waals surface area contributed by atoms with Crippen molar-refractivity contribution in [2.24, 2.45) is 0 Å². The number of hydrogen-bond acceptors (Lipinski definition) is 5. The smallest absolute Gasteiger partial charge is 0.263 e. The average Bonchev–Trinajstić information content (AvgIpc) is 2.87. The van der Waals surface area contributed by atoms with Crippen LogP contribution in [-0.4, -0.2) is 20.6 Å². The first-order chi connectivity index (χ1) is 9.47. The number of rotatable bonds is 5. The summed E-state index contributed by atoms with van der Waals surface area (Å²) in [6, 6.07) is 6.03. The summed E-state index contributed by atoms with van der Waals surface area (Å²) >= 11 is 7.13. The number of aliphatic hydroxyl groups excluding tert-OH is 1. The molecule has 0 atom stereocenters. The van der Waals surface area contributed by atoms with Gasteiger partial charge in [-0.2, -0.15) is 0 Å². The van der Waals surface area contributed by atoms with Crippen molar-refractivity contribution >= 4 is 38.6 Å². The molecule has 1 heterocycles. The molecule has 0 radical (unpaired) electrons. The van der Waals surface area contributed by atoms with Crippen LogP contribution in [0.3, 0.4) is 0 Å². The van der Waals surface area contributed by atoms with E-state index < -0.39 is 10.0 Å². The number of ether oxygens (including phenoxy) is 1. The summed E-state index contributed by atoms with van der Waals surface area (Å²) in [7, 11) is -2.27. The summed E-state index contributed by atoms with van der Waals surface area (Å²) in [5.74, 6) is 0.459. The van der Waals surface area contributed by atoms with Crippen LogP contribution >= 0.6 is 22.9 Å². The number of sulfonamides is 1. The molecule has 0 amide bonds. The van der Waals surface area contributed by atoms with E-state index >= 15 is 0 Å². The van der Waals surface area contributed by atoms with Crippen LogP contribution in [0.4, 0.5) is 5.69 Å². The SMILES string of the molecule is COc1ccc(NS(=O)(=O)c2ccsc2CO)cc1Cl. The summed E-state index contributed by atoms with van der Waals surface area (Å²) < 4.78 is 31.9. The van der Waals surface area contributed by atoms with Crippen LogP contribution in [0, 0.1) is 0 Å². The zero-order chi connectivity index (χ0) is 14.8. The maximum atomic E-state index is 12.2. The summed E-state index contributed by atoms with van der Waals surface area (Å²) in [4.78, 5) is 0.453. The molecule has 0 aliphatic heterocycles. The van der Waals surface area contributed by atoms with Crippen molar-refractivity contribution in [2.75, 3.05) is 11.8 Å². The zero-order valence-corrected chi connectivity index (χ0v) is 12.8. The van der Waals surface area contributed by atoms with E-state index in [1.54, 1.807) is 17.5 Å².